The summed E-state index contributed by atoms with van der Waals surface area (Å²) in [4.78, 5) is 22.0. The first kappa shape index (κ1) is 20.5. The van der Waals surface area contributed by atoms with Gasteiger partial charge in [-0.2, -0.15) is 4.31 Å². The summed E-state index contributed by atoms with van der Waals surface area (Å²) in [6.07, 6.45) is 0. The number of carbonyl (C=O) groups excluding carboxylic acids is 1. The smallest absolute Gasteiger partial charge is 0.271 e. The zero-order valence-electron chi connectivity index (χ0n) is 15.5. The van der Waals surface area contributed by atoms with Crippen molar-refractivity contribution >= 4 is 21.6 Å². The van der Waals surface area contributed by atoms with E-state index in [9.17, 15) is 23.3 Å². The molecule has 2 aromatic rings. The summed E-state index contributed by atoms with van der Waals surface area (Å²) in [6, 6.07) is 8.99. The Hall–Kier alpha value is -2.78. The summed E-state index contributed by atoms with van der Waals surface area (Å²) < 4.78 is 27.0. The Kier molecular flexibility index (Phi) is 5.97. The Balaban J connectivity index is 2.34. The van der Waals surface area contributed by atoms with Gasteiger partial charge >= 0.3 is 0 Å². The second-order valence-electron chi connectivity index (χ2n) is 6.18. The predicted molar refractivity (Wildman–Crippen MR) is 101 cm³/mol. The standard InChI is InChI=1S/C18H21N3O5S/c1-12-9-16(21(23)24)10-17(13(12)2)27(25,26)20(4)11-14-5-7-15(8-6-14)18(22)19-3/h5-10H,11H2,1-4H3,(H,19,22). The molecule has 0 spiro atoms. The molecule has 1 amide bonds. The number of nitrogens with one attached hydrogen (secondary N) is 1. The Morgan fingerprint density at radius 3 is 2.30 bits per heavy atom. The number of carbonyl (C=O) groups is 1. The molecular weight excluding hydrogens is 370 g/mol. The van der Waals surface area contributed by atoms with E-state index in [-0.39, 0.29) is 23.0 Å². The molecule has 8 nitrogen and oxygen atoms in total. The molecule has 0 bridgehead atoms. The molecule has 0 aliphatic heterocycles. The zero-order valence-corrected chi connectivity index (χ0v) is 16.3. The Bertz CT molecular complexity index is 985. The summed E-state index contributed by atoms with van der Waals surface area (Å²) in [5, 5.41) is 13.6. The lowest BCUT2D eigenvalue weighted by Crippen LogP contribution is -2.27. The third kappa shape index (κ3) is 4.32. The van der Waals surface area contributed by atoms with Gasteiger partial charge in [-0.3, -0.25) is 14.9 Å². The van der Waals surface area contributed by atoms with Gasteiger partial charge in [0.1, 0.15) is 0 Å². The second kappa shape index (κ2) is 7.85. The summed E-state index contributed by atoms with van der Waals surface area (Å²) in [7, 11) is -0.988. The molecule has 27 heavy (non-hydrogen) atoms. The number of aryl methyl sites for hydroxylation is 1. The van der Waals surface area contributed by atoms with Crippen molar-refractivity contribution in [1.29, 1.82) is 0 Å². The van der Waals surface area contributed by atoms with E-state index in [2.05, 4.69) is 5.32 Å². The number of non-ortho nitro benzene ring substituents is 1. The molecule has 2 rings (SSSR count). The van der Waals surface area contributed by atoms with Crippen molar-refractivity contribution in [2.24, 2.45) is 0 Å². The number of amides is 1. The lowest BCUT2D eigenvalue weighted by Gasteiger charge is -2.19. The van der Waals surface area contributed by atoms with Crippen LogP contribution in [0.2, 0.25) is 0 Å². The molecule has 9 heteroatoms. The van der Waals surface area contributed by atoms with Crippen LogP contribution < -0.4 is 5.32 Å². The van der Waals surface area contributed by atoms with Crippen molar-refractivity contribution in [1.82, 2.24) is 9.62 Å². The van der Waals surface area contributed by atoms with E-state index in [1.54, 1.807) is 38.1 Å². The topological polar surface area (TPSA) is 110 Å². The van der Waals surface area contributed by atoms with Crippen LogP contribution in [0.4, 0.5) is 5.69 Å². The first-order chi connectivity index (χ1) is 12.6. The average molecular weight is 391 g/mol. The van der Waals surface area contributed by atoms with E-state index >= 15 is 0 Å². The molecule has 0 saturated carbocycles. The monoisotopic (exact) mass is 391 g/mol. The number of benzene rings is 2. The fourth-order valence-corrected chi connectivity index (χ4v) is 4.07. The van der Waals surface area contributed by atoms with Gasteiger partial charge in [0.15, 0.2) is 0 Å². The van der Waals surface area contributed by atoms with Gasteiger partial charge in [-0.05, 0) is 42.7 Å². The molecule has 0 aromatic heterocycles. The van der Waals surface area contributed by atoms with E-state index in [1.807, 2.05) is 0 Å². The first-order valence-corrected chi connectivity index (χ1v) is 9.55. The van der Waals surface area contributed by atoms with Gasteiger partial charge < -0.3 is 5.32 Å². The van der Waals surface area contributed by atoms with Crippen molar-refractivity contribution in [3.05, 3.63) is 68.8 Å². The average Bonchev–Trinajstić information content (AvgIpc) is 2.63. The van der Waals surface area contributed by atoms with Gasteiger partial charge in [0.05, 0.1) is 9.82 Å². The van der Waals surface area contributed by atoms with Crippen LogP contribution in [0.25, 0.3) is 0 Å². The van der Waals surface area contributed by atoms with Crippen molar-refractivity contribution in [3.63, 3.8) is 0 Å². The molecule has 0 heterocycles. The van der Waals surface area contributed by atoms with Gasteiger partial charge in [0, 0.05) is 38.3 Å². The highest BCUT2D eigenvalue weighted by atomic mass is 32.2. The lowest BCUT2D eigenvalue weighted by atomic mass is 10.1. The SMILES string of the molecule is CNC(=O)c1ccc(CN(C)S(=O)(=O)c2cc([N+](=O)[O-])cc(C)c2C)cc1. The predicted octanol–water partition coefficient (Wildman–Crippen LogP) is 2.39. The number of hydrogen-bond acceptors (Lipinski definition) is 5. The number of rotatable bonds is 6. The molecule has 0 fully saturated rings. The first-order valence-electron chi connectivity index (χ1n) is 8.11. The highest BCUT2D eigenvalue weighted by Gasteiger charge is 2.26. The third-order valence-electron chi connectivity index (χ3n) is 4.35. The minimum absolute atomic E-state index is 0.0670. The highest BCUT2D eigenvalue weighted by Crippen LogP contribution is 2.28. The zero-order chi connectivity index (χ0) is 20.4. The maximum absolute atomic E-state index is 12.9. The van der Waals surface area contributed by atoms with Crippen LogP contribution in [0.5, 0.6) is 0 Å². The normalized spacial score (nSPS) is 11.4. The van der Waals surface area contributed by atoms with Crippen LogP contribution >= 0.6 is 0 Å². The molecule has 2 aromatic carbocycles. The van der Waals surface area contributed by atoms with Crippen molar-refractivity contribution < 1.29 is 18.1 Å². The van der Waals surface area contributed by atoms with Gasteiger partial charge in [-0.1, -0.05) is 12.1 Å². The van der Waals surface area contributed by atoms with E-state index in [0.29, 0.717) is 22.3 Å². The molecular formula is C18H21N3O5S. The van der Waals surface area contributed by atoms with Crippen LogP contribution in [0, 0.1) is 24.0 Å². The lowest BCUT2D eigenvalue weighted by molar-refractivity contribution is -0.385. The van der Waals surface area contributed by atoms with E-state index < -0.39 is 14.9 Å². The van der Waals surface area contributed by atoms with Gasteiger partial charge in [0.2, 0.25) is 10.0 Å². The minimum Gasteiger partial charge on any atom is -0.355 e. The minimum atomic E-state index is -3.93. The maximum Gasteiger partial charge on any atom is 0.271 e. The van der Waals surface area contributed by atoms with Gasteiger partial charge in [-0.15, -0.1) is 0 Å². The Morgan fingerprint density at radius 2 is 1.78 bits per heavy atom. The largest absolute Gasteiger partial charge is 0.355 e. The molecule has 0 radical (unpaired) electrons. The molecule has 0 unspecified atom stereocenters. The van der Waals surface area contributed by atoms with E-state index in [1.165, 1.54) is 20.2 Å². The van der Waals surface area contributed by atoms with Gasteiger partial charge in [0.25, 0.3) is 11.6 Å². The summed E-state index contributed by atoms with van der Waals surface area (Å²) >= 11 is 0. The van der Waals surface area contributed by atoms with Gasteiger partial charge in [-0.25, -0.2) is 8.42 Å². The molecule has 0 aliphatic carbocycles. The Labute approximate surface area is 158 Å². The van der Waals surface area contributed by atoms with Crippen molar-refractivity contribution in [3.8, 4) is 0 Å². The molecule has 1 N–H and O–H groups in total. The summed E-state index contributed by atoms with van der Waals surface area (Å²) in [5.41, 5.74) is 1.90. The van der Waals surface area contributed by atoms with Crippen LogP contribution in [-0.2, 0) is 16.6 Å². The number of hydrogen-bond donors (Lipinski definition) is 1. The number of sulfonamides is 1. The number of nitrogens with zero attached hydrogens (tertiary/aromatic N) is 2. The highest BCUT2D eigenvalue weighted by molar-refractivity contribution is 7.89. The second-order valence-corrected chi connectivity index (χ2v) is 8.19. The molecule has 0 saturated heterocycles. The number of nitro groups is 1. The van der Waals surface area contributed by atoms with Crippen molar-refractivity contribution in [2.75, 3.05) is 14.1 Å². The molecule has 0 atom stereocenters. The number of nitro benzene ring substituents is 1. The van der Waals surface area contributed by atoms with Crippen LogP contribution in [0.15, 0.2) is 41.3 Å². The Morgan fingerprint density at radius 1 is 1.19 bits per heavy atom. The quantitative estimate of drug-likeness (QED) is 0.601. The van der Waals surface area contributed by atoms with E-state index in [0.717, 1.165) is 10.4 Å². The molecule has 144 valence electrons. The molecule has 0 aliphatic rings. The van der Waals surface area contributed by atoms with Crippen molar-refractivity contribution in [2.45, 2.75) is 25.3 Å². The maximum atomic E-state index is 12.9. The van der Waals surface area contributed by atoms with Crippen LogP contribution in [0.1, 0.15) is 27.0 Å². The summed E-state index contributed by atoms with van der Waals surface area (Å²) in [6.45, 7) is 3.33. The fraction of sp³-hybridized carbons (Fsp3) is 0.278. The van der Waals surface area contributed by atoms with Crippen LogP contribution in [0.3, 0.4) is 0 Å². The fourth-order valence-electron chi connectivity index (χ4n) is 2.60. The summed E-state index contributed by atoms with van der Waals surface area (Å²) in [5.74, 6) is -0.231. The van der Waals surface area contributed by atoms with E-state index in [4.69, 9.17) is 0 Å². The third-order valence-corrected chi connectivity index (χ3v) is 6.28. The van der Waals surface area contributed by atoms with Crippen LogP contribution in [-0.4, -0.2) is 37.6 Å².